The number of aromatic carboxylic acids is 1. The fraction of sp³-hybridized carbons (Fsp3) is 0.500. The average Bonchev–Trinajstić information content (AvgIpc) is 2.65. The van der Waals surface area contributed by atoms with Gasteiger partial charge in [-0.05, 0) is 12.0 Å². The second-order valence-electron chi connectivity index (χ2n) is 4.23. The summed E-state index contributed by atoms with van der Waals surface area (Å²) in [6.45, 7) is 4.20. The van der Waals surface area contributed by atoms with Gasteiger partial charge in [-0.15, -0.1) is 0 Å². The lowest BCUT2D eigenvalue weighted by Gasteiger charge is -2.18. The number of hydrogen-bond acceptors (Lipinski definition) is 3. The van der Waals surface area contributed by atoms with Gasteiger partial charge in [-0.3, -0.25) is 0 Å². The molecule has 6 nitrogen and oxygen atoms in total. The lowest BCUT2D eigenvalue weighted by Crippen LogP contribution is -2.30. The van der Waals surface area contributed by atoms with Crippen LogP contribution < -0.4 is 0 Å². The Kier molecular flexibility index (Phi) is 3.94. The van der Waals surface area contributed by atoms with Crippen molar-refractivity contribution in [1.82, 2.24) is 9.29 Å². The summed E-state index contributed by atoms with van der Waals surface area (Å²) in [6.07, 6.45) is 1.19. The van der Waals surface area contributed by atoms with Crippen molar-refractivity contribution in [3.05, 3.63) is 18.0 Å². The van der Waals surface area contributed by atoms with Crippen LogP contribution in [0.3, 0.4) is 0 Å². The smallest absolute Gasteiger partial charge is 0.352 e. The van der Waals surface area contributed by atoms with Crippen LogP contribution in [-0.4, -0.2) is 42.4 Å². The van der Waals surface area contributed by atoms with Crippen molar-refractivity contribution < 1.29 is 18.3 Å². The van der Waals surface area contributed by atoms with Gasteiger partial charge >= 0.3 is 5.97 Å². The molecular formula is C10H16N2O4S. The molecule has 2 N–H and O–H groups in total. The molecule has 96 valence electrons. The van der Waals surface area contributed by atoms with E-state index in [2.05, 4.69) is 4.98 Å². The van der Waals surface area contributed by atoms with Gasteiger partial charge in [0.15, 0.2) is 0 Å². The van der Waals surface area contributed by atoms with Gasteiger partial charge in [-0.25, -0.2) is 17.5 Å². The van der Waals surface area contributed by atoms with Gasteiger partial charge in [0.1, 0.15) is 10.6 Å². The number of aromatic amines is 1. The van der Waals surface area contributed by atoms with Crippen molar-refractivity contribution in [2.24, 2.45) is 5.92 Å². The lowest BCUT2D eigenvalue weighted by molar-refractivity contribution is 0.0691. The molecular weight excluding hydrogens is 244 g/mol. The number of rotatable bonds is 5. The molecule has 7 heteroatoms. The maximum absolute atomic E-state index is 12.0. The number of carbonyl (C=O) groups is 1. The van der Waals surface area contributed by atoms with E-state index in [1.807, 2.05) is 13.8 Å². The molecule has 0 aliphatic heterocycles. The third-order valence-electron chi connectivity index (χ3n) is 2.22. The van der Waals surface area contributed by atoms with E-state index in [1.54, 1.807) is 0 Å². The molecule has 0 spiro atoms. The van der Waals surface area contributed by atoms with Gasteiger partial charge in [-0.2, -0.15) is 0 Å². The molecule has 1 aromatic heterocycles. The summed E-state index contributed by atoms with van der Waals surface area (Å²) >= 11 is 0. The van der Waals surface area contributed by atoms with Crippen LogP contribution in [0.5, 0.6) is 0 Å². The average molecular weight is 260 g/mol. The van der Waals surface area contributed by atoms with E-state index in [9.17, 15) is 13.2 Å². The Bertz CT molecular complexity index is 504. The molecule has 17 heavy (non-hydrogen) atoms. The summed E-state index contributed by atoms with van der Waals surface area (Å²) in [5.74, 6) is -0.981. The molecule has 0 aromatic carbocycles. The van der Waals surface area contributed by atoms with E-state index in [-0.39, 0.29) is 16.5 Å². The van der Waals surface area contributed by atoms with Crippen molar-refractivity contribution in [3.63, 3.8) is 0 Å². The molecule has 0 bridgehead atoms. The maximum atomic E-state index is 12.0. The molecule has 0 saturated heterocycles. The highest BCUT2D eigenvalue weighted by atomic mass is 32.2. The van der Waals surface area contributed by atoms with E-state index in [1.165, 1.54) is 17.5 Å². The van der Waals surface area contributed by atoms with Gasteiger partial charge in [0.2, 0.25) is 10.0 Å². The molecule has 0 saturated carbocycles. The minimum Gasteiger partial charge on any atom is -0.477 e. The van der Waals surface area contributed by atoms with Gasteiger partial charge in [-0.1, -0.05) is 13.8 Å². The zero-order chi connectivity index (χ0) is 13.2. The second kappa shape index (κ2) is 4.89. The Labute approximate surface area is 100 Å². The first-order valence-electron chi connectivity index (χ1n) is 5.13. The standard InChI is InChI=1S/C10H16N2O4S/c1-7(2)6-12(3)17(15,16)8-4-9(10(13)14)11-5-8/h4-5,7,11H,6H2,1-3H3,(H,13,14). The van der Waals surface area contributed by atoms with Crippen LogP contribution in [-0.2, 0) is 10.0 Å². The highest BCUT2D eigenvalue weighted by molar-refractivity contribution is 7.89. The van der Waals surface area contributed by atoms with Crippen LogP contribution in [0.1, 0.15) is 24.3 Å². The van der Waals surface area contributed by atoms with Crippen LogP contribution in [0.25, 0.3) is 0 Å². The quantitative estimate of drug-likeness (QED) is 0.826. The van der Waals surface area contributed by atoms with Gasteiger partial charge in [0.25, 0.3) is 0 Å². The number of carboxylic acid groups (broad SMARTS) is 1. The molecule has 0 unspecified atom stereocenters. The molecule has 0 amide bonds. The van der Waals surface area contributed by atoms with Crippen molar-refractivity contribution in [1.29, 1.82) is 0 Å². The molecule has 1 heterocycles. The van der Waals surface area contributed by atoms with E-state index >= 15 is 0 Å². The van der Waals surface area contributed by atoms with Crippen LogP contribution in [0, 0.1) is 5.92 Å². The largest absolute Gasteiger partial charge is 0.477 e. The number of carboxylic acids is 1. The maximum Gasteiger partial charge on any atom is 0.352 e. The summed E-state index contributed by atoms with van der Waals surface area (Å²) < 4.78 is 25.2. The summed E-state index contributed by atoms with van der Waals surface area (Å²) in [6, 6.07) is 1.12. The Morgan fingerprint density at radius 2 is 2.12 bits per heavy atom. The number of hydrogen-bond donors (Lipinski definition) is 2. The normalized spacial score (nSPS) is 12.3. The highest BCUT2D eigenvalue weighted by Gasteiger charge is 2.23. The zero-order valence-electron chi connectivity index (χ0n) is 9.97. The van der Waals surface area contributed by atoms with E-state index in [0.29, 0.717) is 6.54 Å². The van der Waals surface area contributed by atoms with Gasteiger partial charge in [0.05, 0.1) is 0 Å². The monoisotopic (exact) mass is 260 g/mol. The van der Waals surface area contributed by atoms with E-state index < -0.39 is 16.0 Å². The molecule has 0 aliphatic carbocycles. The Hall–Kier alpha value is -1.34. The van der Waals surface area contributed by atoms with Gasteiger partial charge in [0, 0.05) is 19.8 Å². The minimum atomic E-state index is -3.61. The van der Waals surface area contributed by atoms with Crippen molar-refractivity contribution in [2.45, 2.75) is 18.7 Å². The number of aromatic nitrogens is 1. The van der Waals surface area contributed by atoms with Crippen molar-refractivity contribution >= 4 is 16.0 Å². The molecule has 1 aromatic rings. The second-order valence-corrected chi connectivity index (χ2v) is 6.28. The molecule has 0 fully saturated rings. The fourth-order valence-corrected chi connectivity index (χ4v) is 2.77. The first-order chi connectivity index (χ1) is 7.75. The predicted molar refractivity (Wildman–Crippen MR) is 62.4 cm³/mol. The minimum absolute atomic E-state index is 0.0296. The highest BCUT2D eigenvalue weighted by Crippen LogP contribution is 2.16. The first-order valence-corrected chi connectivity index (χ1v) is 6.57. The molecule has 0 aliphatic rings. The summed E-state index contributed by atoms with van der Waals surface area (Å²) in [4.78, 5) is 13.0. The summed E-state index contributed by atoms with van der Waals surface area (Å²) in [5.41, 5.74) is -0.137. The number of sulfonamides is 1. The SMILES string of the molecule is CC(C)CN(C)S(=O)(=O)c1c[nH]c(C(=O)O)c1. The lowest BCUT2D eigenvalue weighted by atomic mass is 10.2. The molecule has 0 radical (unpaired) electrons. The van der Waals surface area contributed by atoms with Gasteiger partial charge < -0.3 is 10.1 Å². The Morgan fingerprint density at radius 3 is 2.53 bits per heavy atom. The van der Waals surface area contributed by atoms with E-state index in [4.69, 9.17) is 5.11 Å². The number of nitrogens with zero attached hydrogens (tertiary/aromatic N) is 1. The topological polar surface area (TPSA) is 90.5 Å². The molecule has 0 atom stereocenters. The first kappa shape index (κ1) is 13.7. The van der Waals surface area contributed by atoms with Crippen LogP contribution in [0.15, 0.2) is 17.2 Å². The molecule has 1 rings (SSSR count). The third kappa shape index (κ3) is 3.07. The Morgan fingerprint density at radius 1 is 1.53 bits per heavy atom. The Balaban J connectivity index is 3.00. The third-order valence-corrected chi connectivity index (χ3v) is 4.02. The van der Waals surface area contributed by atoms with Crippen LogP contribution >= 0.6 is 0 Å². The van der Waals surface area contributed by atoms with E-state index in [0.717, 1.165) is 6.07 Å². The summed E-state index contributed by atoms with van der Waals surface area (Å²) in [5, 5.41) is 8.71. The predicted octanol–water partition coefficient (Wildman–Crippen LogP) is 0.989. The van der Waals surface area contributed by atoms with Crippen LogP contribution in [0.2, 0.25) is 0 Å². The number of nitrogens with one attached hydrogen (secondary N) is 1. The zero-order valence-corrected chi connectivity index (χ0v) is 10.8. The van der Waals surface area contributed by atoms with Crippen LogP contribution in [0.4, 0.5) is 0 Å². The van der Waals surface area contributed by atoms with Crippen molar-refractivity contribution in [3.8, 4) is 0 Å². The van der Waals surface area contributed by atoms with Crippen molar-refractivity contribution in [2.75, 3.05) is 13.6 Å². The number of H-pyrrole nitrogens is 1. The summed E-state index contributed by atoms with van der Waals surface area (Å²) in [7, 11) is -2.13. The fourth-order valence-electron chi connectivity index (χ4n) is 1.44.